The van der Waals surface area contributed by atoms with Crippen LogP contribution in [0.1, 0.15) is 0 Å². The van der Waals surface area contributed by atoms with Crippen LogP contribution in [-0.2, 0) is 0 Å². The van der Waals surface area contributed by atoms with Gasteiger partial charge in [-0.25, -0.2) is 9.67 Å². The SMILES string of the molecule is O=c1ccc(-c2ccc(-c3nc4c(cnn4-c4ccccc4)c(=O)n3-c3ccc(Cl)cc3)cc2)c[nH]1. The number of hydrogen-bond acceptors (Lipinski definition) is 4. The van der Waals surface area contributed by atoms with Crippen LogP contribution in [0.3, 0.4) is 0 Å². The van der Waals surface area contributed by atoms with Crippen molar-refractivity contribution >= 4 is 22.6 Å². The van der Waals surface area contributed by atoms with E-state index in [1.807, 2.05) is 54.6 Å². The summed E-state index contributed by atoms with van der Waals surface area (Å²) in [5, 5.41) is 5.44. The van der Waals surface area contributed by atoms with Crippen molar-refractivity contribution in [2.75, 3.05) is 0 Å². The lowest BCUT2D eigenvalue weighted by Crippen LogP contribution is -2.22. The Morgan fingerprint density at radius 3 is 2.11 bits per heavy atom. The molecule has 0 atom stereocenters. The zero-order valence-electron chi connectivity index (χ0n) is 18.8. The van der Waals surface area contributed by atoms with Gasteiger partial charge in [-0.05, 0) is 53.6 Å². The summed E-state index contributed by atoms with van der Waals surface area (Å²) >= 11 is 6.11. The summed E-state index contributed by atoms with van der Waals surface area (Å²) in [5.41, 5.74) is 4.08. The maximum Gasteiger partial charge on any atom is 0.269 e. The molecular formula is C28H18ClN5O2. The first-order valence-corrected chi connectivity index (χ1v) is 11.6. The van der Waals surface area contributed by atoms with Crippen LogP contribution in [0.25, 0.3) is 44.9 Å². The second-order valence-corrected chi connectivity index (χ2v) is 8.64. The van der Waals surface area contributed by atoms with Crippen LogP contribution in [0.2, 0.25) is 5.02 Å². The van der Waals surface area contributed by atoms with Gasteiger partial charge in [-0.2, -0.15) is 5.10 Å². The van der Waals surface area contributed by atoms with Crippen molar-refractivity contribution in [1.82, 2.24) is 24.3 Å². The smallest absolute Gasteiger partial charge is 0.269 e. The molecule has 0 saturated carbocycles. The van der Waals surface area contributed by atoms with E-state index in [1.165, 1.54) is 6.07 Å². The second-order valence-electron chi connectivity index (χ2n) is 8.20. The maximum absolute atomic E-state index is 13.8. The molecule has 0 fully saturated rings. The Labute approximate surface area is 209 Å². The Kier molecular flexibility index (Phi) is 5.32. The molecule has 0 radical (unpaired) electrons. The van der Waals surface area contributed by atoms with Crippen LogP contribution in [-0.4, -0.2) is 24.3 Å². The fraction of sp³-hybridized carbons (Fsp3) is 0. The van der Waals surface area contributed by atoms with Crippen LogP contribution in [0.5, 0.6) is 0 Å². The predicted molar refractivity (Wildman–Crippen MR) is 141 cm³/mol. The minimum Gasteiger partial charge on any atom is -0.328 e. The molecule has 6 aromatic rings. The van der Waals surface area contributed by atoms with Crippen molar-refractivity contribution in [2.45, 2.75) is 0 Å². The van der Waals surface area contributed by atoms with Crippen molar-refractivity contribution in [3.8, 4) is 33.9 Å². The number of aromatic amines is 1. The van der Waals surface area contributed by atoms with Gasteiger partial charge in [0.2, 0.25) is 5.56 Å². The number of pyridine rings is 1. The van der Waals surface area contributed by atoms with Gasteiger partial charge in [0, 0.05) is 22.8 Å². The highest BCUT2D eigenvalue weighted by Crippen LogP contribution is 2.27. The van der Waals surface area contributed by atoms with Crippen molar-refractivity contribution in [2.24, 2.45) is 0 Å². The number of benzene rings is 3. The topological polar surface area (TPSA) is 85.6 Å². The second kappa shape index (κ2) is 8.79. The fourth-order valence-corrected chi connectivity index (χ4v) is 4.28. The molecule has 0 amide bonds. The van der Waals surface area contributed by atoms with Gasteiger partial charge < -0.3 is 4.98 Å². The number of H-pyrrole nitrogens is 1. The van der Waals surface area contributed by atoms with E-state index in [2.05, 4.69) is 10.1 Å². The van der Waals surface area contributed by atoms with Crippen molar-refractivity contribution < 1.29 is 0 Å². The number of nitrogens with zero attached hydrogens (tertiary/aromatic N) is 4. The molecule has 1 N–H and O–H groups in total. The van der Waals surface area contributed by atoms with Gasteiger partial charge >= 0.3 is 0 Å². The number of fused-ring (bicyclic) bond motifs is 1. The quantitative estimate of drug-likeness (QED) is 0.365. The van der Waals surface area contributed by atoms with Crippen LogP contribution < -0.4 is 11.1 Å². The molecule has 7 nitrogen and oxygen atoms in total. The molecule has 3 heterocycles. The van der Waals surface area contributed by atoms with Gasteiger partial charge in [-0.3, -0.25) is 14.2 Å². The van der Waals surface area contributed by atoms with Gasteiger partial charge in [0.1, 0.15) is 11.2 Å². The van der Waals surface area contributed by atoms with E-state index in [0.29, 0.717) is 27.6 Å². The Balaban J connectivity index is 1.58. The summed E-state index contributed by atoms with van der Waals surface area (Å²) < 4.78 is 3.24. The predicted octanol–water partition coefficient (Wildman–Crippen LogP) is 5.25. The average molecular weight is 492 g/mol. The average Bonchev–Trinajstić information content (AvgIpc) is 3.35. The number of rotatable bonds is 4. The third-order valence-electron chi connectivity index (χ3n) is 5.95. The normalized spacial score (nSPS) is 11.1. The molecule has 0 saturated heterocycles. The summed E-state index contributed by atoms with van der Waals surface area (Å²) in [4.78, 5) is 32.8. The van der Waals surface area contributed by atoms with Crippen LogP contribution >= 0.6 is 11.6 Å². The zero-order chi connectivity index (χ0) is 24.6. The van der Waals surface area contributed by atoms with Gasteiger partial charge in [0.15, 0.2) is 5.65 Å². The minimum atomic E-state index is -0.232. The van der Waals surface area contributed by atoms with Gasteiger partial charge in [0.25, 0.3) is 5.56 Å². The number of nitrogens with one attached hydrogen (secondary N) is 1. The number of halogens is 1. The molecule has 0 spiro atoms. The van der Waals surface area contributed by atoms with Crippen molar-refractivity contribution in [1.29, 1.82) is 0 Å². The summed E-state index contributed by atoms with van der Waals surface area (Å²) in [5.74, 6) is 0.473. The lowest BCUT2D eigenvalue weighted by Gasteiger charge is -2.14. The first kappa shape index (κ1) is 21.8. The molecule has 6 rings (SSSR count). The third kappa shape index (κ3) is 3.81. The summed E-state index contributed by atoms with van der Waals surface area (Å²) in [6, 6.07) is 27.6. The van der Waals surface area contributed by atoms with Crippen LogP contribution in [0.4, 0.5) is 0 Å². The van der Waals surface area contributed by atoms with Crippen molar-refractivity contribution in [3.05, 3.63) is 129 Å². The third-order valence-corrected chi connectivity index (χ3v) is 6.20. The molecule has 0 aliphatic carbocycles. The summed E-state index contributed by atoms with van der Waals surface area (Å²) in [6.45, 7) is 0. The molecule has 8 heteroatoms. The molecule has 0 bridgehead atoms. The molecular weight excluding hydrogens is 474 g/mol. The Hall–Kier alpha value is -4.75. The van der Waals surface area contributed by atoms with Gasteiger partial charge in [0.05, 0.1) is 17.6 Å². The molecule has 0 unspecified atom stereocenters. The minimum absolute atomic E-state index is 0.158. The van der Waals surface area contributed by atoms with E-state index in [0.717, 1.165) is 22.4 Å². The molecule has 36 heavy (non-hydrogen) atoms. The summed E-state index contributed by atoms with van der Waals surface area (Å²) in [7, 11) is 0. The van der Waals surface area contributed by atoms with E-state index in [-0.39, 0.29) is 11.1 Å². The highest BCUT2D eigenvalue weighted by atomic mass is 35.5. The lowest BCUT2D eigenvalue weighted by molar-refractivity contribution is 0.888. The van der Waals surface area contributed by atoms with E-state index in [1.54, 1.807) is 52.0 Å². The van der Waals surface area contributed by atoms with Crippen molar-refractivity contribution in [3.63, 3.8) is 0 Å². The fourth-order valence-electron chi connectivity index (χ4n) is 4.15. The molecule has 174 valence electrons. The highest BCUT2D eigenvalue weighted by molar-refractivity contribution is 6.30. The first-order valence-electron chi connectivity index (χ1n) is 11.2. The molecule has 3 aromatic heterocycles. The number of aromatic nitrogens is 5. The standard InChI is InChI=1S/C28H18ClN5O2/c29-21-11-13-22(14-12-21)33-26(19-8-6-18(7-9-19)20-10-15-25(35)30-16-20)32-27-24(28(33)36)17-31-34(27)23-4-2-1-3-5-23/h1-17H,(H,30,35). The summed E-state index contributed by atoms with van der Waals surface area (Å²) in [6.07, 6.45) is 3.22. The molecule has 0 aliphatic rings. The Bertz CT molecular complexity index is 1800. The van der Waals surface area contributed by atoms with Gasteiger partial charge in [-0.15, -0.1) is 0 Å². The lowest BCUT2D eigenvalue weighted by atomic mass is 10.1. The number of para-hydroxylation sites is 1. The van der Waals surface area contributed by atoms with E-state index in [4.69, 9.17) is 16.6 Å². The zero-order valence-corrected chi connectivity index (χ0v) is 19.6. The molecule has 3 aromatic carbocycles. The van der Waals surface area contributed by atoms with E-state index < -0.39 is 0 Å². The molecule has 0 aliphatic heterocycles. The van der Waals surface area contributed by atoms with E-state index in [9.17, 15) is 9.59 Å². The highest BCUT2D eigenvalue weighted by Gasteiger charge is 2.18. The maximum atomic E-state index is 13.8. The van der Waals surface area contributed by atoms with Crippen LogP contribution in [0, 0.1) is 0 Å². The van der Waals surface area contributed by atoms with Gasteiger partial charge in [-0.1, -0.05) is 54.1 Å². The monoisotopic (exact) mass is 491 g/mol. The Morgan fingerprint density at radius 2 is 1.42 bits per heavy atom. The Morgan fingerprint density at radius 1 is 0.722 bits per heavy atom. The van der Waals surface area contributed by atoms with E-state index >= 15 is 0 Å². The largest absolute Gasteiger partial charge is 0.328 e. The van der Waals surface area contributed by atoms with Crippen LogP contribution in [0.15, 0.2) is 113 Å². The first-order chi connectivity index (χ1) is 17.6. The number of hydrogen-bond donors (Lipinski definition) is 1.